The number of rotatable bonds is 7. The highest BCUT2D eigenvalue weighted by molar-refractivity contribution is 6.09. The molecular weight excluding hydrogens is 677 g/mol. The molecule has 0 unspecified atom stereocenters. The summed E-state index contributed by atoms with van der Waals surface area (Å²) in [6.45, 7) is 0. The summed E-state index contributed by atoms with van der Waals surface area (Å²) >= 11 is 0. The Labute approximate surface area is 328 Å². The fourth-order valence-corrected chi connectivity index (χ4v) is 7.48. The maximum atomic E-state index is 3.62. The van der Waals surface area contributed by atoms with Gasteiger partial charge in [0.1, 0.15) is 0 Å². The second-order valence-corrected chi connectivity index (χ2v) is 13.9. The number of benzene rings is 9. The van der Waals surface area contributed by atoms with E-state index in [1.54, 1.807) is 0 Å². The van der Waals surface area contributed by atoms with Gasteiger partial charge in [0, 0.05) is 27.8 Å². The van der Waals surface area contributed by atoms with Crippen LogP contribution < -0.4 is 5.32 Å². The number of fused-ring (bicyclic) bond motifs is 3. The van der Waals surface area contributed by atoms with E-state index in [1.807, 2.05) is 12.1 Å². The van der Waals surface area contributed by atoms with E-state index in [9.17, 15) is 0 Å². The lowest BCUT2D eigenvalue weighted by molar-refractivity contribution is 1.18. The minimum atomic E-state index is 1.06. The zero-order valence-electron chi connectivity index (χ0n) is 31.0. The van der Waals surface area contributed by atoms with Crippen LogP contribution in [0.25, 0.3) is 72.0 Å². The fraction of sp³-hybridized carbons (Fsp3) is 0. The van der Waals surface area contributed by atoms with Gasteiger partial charge in [-0.05, 0) is 99.1 Å². The second-order valence-electron chi connectivity index (χ2n) is 13.9. The molecule has 0 saturated carbocycles. The van der Waals surface area contributed by atoms with E-state index in [1.165, 1.54) is 66.3 Å². The summed E-state index contributed by atoms with van der Waals surface area (Å²) in [6.07, 6.45) is 0. The van der Waals surface area contributed by atoms with Crippen molar-refractivity contribution in [1.82, 2.24) is 4.57 Å². The number of nitrogens with one attached hydrogen (secondary N) is 1. The highest BCUT2D eigenvalue weighted by atomic mass is 15.0. The predicted molar refractivity (Wildman–Crippen MR) is 239 cm³/mol. The first kappa shape index (κ1) is 34.4. The van der Waals surface area contributed by atoms with Gasteiger partial charge in [-0.15, -0.1) is 0 Å². The molecule has 0 bridgehead atoms. The van der Waals surface area contributed by atoms with E-state index in [0.29, 0.717) is 0 Å². The van der Waals surface area contributed by atoms with Gasteiger partial charge in [-0.2, -0.15) is 0 Å². The Morgan fingerprint density at radius 3 is 1.20 bits per heavy atom. The standard InChI is InChI=1S/C42H30N2.C12H10/c1-2-11-30(12-3-1)32-13-8-14-33(27-32)31-23-25-36(26-24-31)43-37-17-9-15-34(28-37)35-16-10-18-38(29-35)44-41-21-6-4-19-39(41)40-20-5-7-22-42(40)44;1-3-7-11(8-4-1)12-9-5-2-6-10-12/h1-29,43H;1-10H. The van der Waals surface area contributed by atoms with Crippen LogP contribution in [0.5, 0.6) is 0 Å². The molecule has 56 heavy (non-hydrogen) atoms. The van der Waals surface area contributed by atoms with Crippen LogP contribution in [-0.4, -0.2) is 4.57 Å². The van der Waals surface area contributed by atoms with E-state index in [-0.39, 0.29) is 0 Å². The van der Waals surface area contributed by atoms with Gasteiger partial charge in [0.05, 0.1) is 11.0 Å². The topological polar surface area (TPSA) is 17.0 Å². The zero-order chi connectivity index (χ0) is 37.5. The molecule has 0 saturated heterocycles. The van der Waals surface area contributed by atoms with E-state index in [4.69, 9.17) is 0 Å². The molecule has 0 atom stereocenters. The Bertz CT molecular complexity index is 2760. The Kier molecular flexibility index (Phi) is 9.75. The Hall–Kier alpha value is -7.42. The van der Waals surface area contributed by atoms with Crippen molar-refractivity contribution in [3.05, 3.63) is 237 Å². The highest BCUT2D eigenvalue weighted by Crippen LogP contribution is 2.34. The van der Waals surface area contributed by atoms with Crippen LogP contribution in [0.3, 0.4) is 0 Å². The lowest BCUT2D eigenvalue weighted by Crippen LogP contribution is -1.94. The summed E-state index contributed by atoms with van der Waals surface area (Å²) in [7, 11) is 0. The third-order valence-electron chi connectivity index (χ3n) is 10.2. The molecule has 0 aliphatic carbocycles. The van der Waals surface area contributed by atoms with Gasteiger partial charge in [-0.3, -0.25) is 0 Å². The molecule has 266 valence electrons. The molecule has 0 fully saturated rings. The average Bonchev–Trinajstić information content (AvgIpc) is 3.62. The van der Waals surface area contributed by atoms with Crippen LogP contribution in [0, 0.1) is 0 Å². The van der Waals surface area contributed by atoms with Crippen molar-refractivity contribution in [3.8, 4) is 50.2 Å². The Morgan fingerprint density at radius 1 is 0.250 bits per heavy atom. The number of nitrogens with zero attached hydrogens (tertiary/aromatic N) is 1. The zero-order valence-corrected chi connectivity index (χ0v) is 31.0. The van der Waals surface area contributed by atoms with Gasteiger partial charge in [0.2, 0.25) is 0 Å². The molecule has 2 nitrogen and oxygen atoms in total. The van der Waals surface area contributed by atoms with Crippen LogP contribution >= 0.6 is 0 Å². The van der Waals surface area contributed by atoms with Crippen LogP contribution in [0.1, 0.15) is 0 Å². The van der Waals surface area contributed by atoms with Crippen molar-refractivity contribution >= 4 is 33.2 Å². The molecule has 9 aromatic carbocycles. The minimum Gasteiger partial charge on any atom is -0.356 e. The highest BCUT2D eigenvalue weighted by Gasteiger charge is 2.12. The molecule has 0 radical (unpaired) electrons. The third-order valence-corrected chi connectivity index (χ3v) is 10.2. The predicted octanol–water partition coefficient (Wildman–Crippen LogP) is 14.9. The van der Waals surface area contributed by atoms with Crippen LogP contribution in [0.15, 0.2) is 237 Å². The molecule has 0 amide bonds. The number of aromatic nitrogens is 1. The summed E-state index contributed by atoms with van der Waals surface area (Å²) in [5, 5.41) is 6.16. The van der Waals surface area contributed by atoms with Gasteiger partial charge in [-0.25, -0.2) is 0 Å². The van der Waals surface area contributed by atoms with Gasteiger partial charge in [0.25, 0.3) is 0 Å². The number of hydrogen-bond donors (Lipinski definition) is 1. The van der Waals surface area contributed by atoms with E-state index in [2.05, 4.69) is 234 Å². The summed E-state index contributed by atoms with van der Waals surface area (Å²) in [4.78, 5) is 0. The minimum absolute atomic E-state index is 1.06. The molecular formula is C54H40N2. The van der Waals surface area contributed by atoms with Gasteiger partial charge in [-0.1, -0.05) is 182 Å². The quantitative estimate of drug-likeness (QED) is 0.174. The van der Waals surface area contributed by atoms with E-state index >= 15 is 0 Å². The molecule has 1 heterocycles. The van der Waals surface area contributed by atoms with Gasteiger partial charge >= 0.3 is 0 Å². The number of para-hydroxylation sites is 2. The average molecular weight is 717 g/mol. The van der Waals surface area contributed by atoms with Crippen LogP contribution in [-0.2, 0) is 0 Å². The molecule has 2 heteroatoms. The second kappa shape index (κ2) is 15.9. The molecule has 10 aromatic rings. The first-order chi connectivity index (χ1) is 27.8. The summed E-state index contributed by atoms with van der Waals surface area (Å²) in [5.41, 5.74) is 15.5. The molecule has 10 rings (SSSR count). The van der Waals surface area contributed by atoms with Crippen molar-refractivity contribution < 1.29 is 0 Å². The SMILES string of the molecule is c1ccc(-c2cccc(-c3ccc(Nc4cccc(-c5cccc(-n6c7ccccc7c7ccccc76)c5)c4)cc3)c2)cc1.c1ccc(-c2ccccc2)cc1. The van der Waals surface area contributed by atoms with Crippen molar-refractivity contribution in [2.75, 3.05) is 5.32 Å². The number of anilines is 2. The maximum absolute atomic E-state index is 3.62. The molecule has 0 aliphatic rings. The van der Waals surface area contributed by atoms with Gasteiger partial charge in [0.15, 0.2) is 0 Å². The van der Waals surface area contributed by atoms with Crippen molar-refractivity contribution in [2.24, 2.45) is 0 Å². The monoisotopic (exact) mass is 716 g/mol. The number of hydrogen-bond acceptors (Lipinski definition) is 1. The smallest absolute Gasteiger partial charge is 0.0541 e. The first-order valence-corrected chi connectivity index (χ1v) is 19.1. The lowest BCUT2D eigenvalue weighted by atomic mass is 9.99. The van der Waals surface area contributed by atoms with Gasteiger partial charge < -0.3 is 9.88 Å². The molecule has 0 spiro atoms. The van der Waals surface area contributed by atoms with Crippen molar-refractivity contribution in [2.45, 2.75) is 0 Å². The van der Waals surface area contributed by atoms with E-state index in [0.717, 1.165) is 17.1 Å². The van der Waals surface area contributed by atoms with E-state index < -0.39 is 0 Å². The molecule has 1 N–H and O–H groups in total. The lowest BCUT2D eigenvalue weighted by Gasteiger charge is -2.12. The third kappa shape index (κ3) is 7.37. The molecule has 0 aliphatic heterocycles. The molecule has 1 aromatic heterocycles. The maximum Gasteiger partial charge on any atom is 0.0541 e. The summed E-state index contributed by atoms with van der Waals surface area (Å²) in [5.74, 6) is 0. The largest absolute Gasteiger partial charge is 0.356 e. The normalized spacial score (nSPS) is 10.9. The first-order valence-electron chi connectivity index (χ1n) is 19.1. The Balaban J connectivity index is 0.000000291. The van der Waals surface area contributed by atoms with Crippen molar-refractivity contribution in [3.63, 3.8) is 0 Å². The summed E-state index contributed by atoms with van der Waals surface area (Å²) in [6, 6.07) is 83.5. The summed E-state index contributed by atoms with van der Waals surface area (Å²) < 4.78 is 2.37. The van der Waals surface area contributed by atoms with Crippen LogP contribution in [0.2, 0.25) is 0 Å². The Morgan fingerprint density at radius 2 is 0.643 bits per heavy atom. The van der Waals surface area contributed by atoms with Crippen LogP contribution in [0.4, 0.5) is 11.4 Å². The fourth-order valence-electron chi connectivity index (χ4n) is 7.48. The van der Waals surface area contributed by atoms with Crippen molar-refractivity contribution in [1.29, 1.82) is 0 Å².